The summed E-state index contributed by atoms with van der Waals surface area (Å²) in [7, 11) is 0. The van der Waals surface area contributed by atoms with Crippen LogP contribution >= 0.6 is 0 Å². The molecule has 0 radical (unpaired) electrons. The average Bonchev–Trinajstić information content (AvgIpc) is 2.79. The van der Waals surface area contributed by atoms with Gasteiger partial charge in [-0.1, -0.05) is 35.9 Å². The molecule has 0 aliphatic heterocycles. The molecule has 2 N–H and O–H groups in total. The quantitative estimate of drug-likeness (QED) is 0.268. The second-order valence-electron chi connectivity index (χ2n) is 6.67. The van der Waals surface area contributed by atoms with E-state index >= 15 is 0 Å². The van der Waals surface area contributed by atoms with E-state index in [0.717, 1.165) is 5.56 Å². The number of carbonyl (C=O) groups is 3. The fourth-order valence-corrected chi connectivity index (χ4v) is 2.63. The summed E-state index contributed by atoms with van der Waals surface area (Å²) in [5.41, 5.74) is 4.96. The molecular weight excluding hydrogens is 394 g/mol. The molecule has 0 bridgehead atoms. The van der Waals surface area contributed by atoms with Crippen LogP contribution in [0.1, 0.15) is 31.8 Å². The van der Waals surface area contributed by atoms with Crippen molar-refractivity contribution < 1.29 is 19.1 Å². The van der Waals surface area contributed by atoms with Gasteiger partial charge >= 0.3 is 5.97 Å². The van der Waals surface area contributed by atoms with E-state index in [9.17, 15) is 14.4 Å². The van der Waals surface area contributed by atoms with E-state index in [0.29, 0.717) is 22.4 Å². The van der Waals surface area contributed by atoms with Crippen molar-refractivity contribution in [1.82, 2.24) is 10.7 Å². The van der Waals surface area contributed by atoms with Gasteiger partial charge < -0.3 is 10.1 Å². The molecule has 7 heteroatoms. The normalized spacial score (nSPS) is 10.5. The zero-order valence-corrected chi connectivity index (χ0v) is 16.9. The van der Waals surface area contributed by atoms with E-state index < -0.39 is 11.9 Å². The van der Waals surface area contributed by atoms with Gasteiger partial charge in [-0.25, -0.2) is 10.2 Å². The SMILES string of the molecule is Cc1cccc(C(=O)NCC(=O)N/N=C/c2ccc(OC(=O)c3ccccc3)cc2)c1. The Kier molecular flexibility index (Phi) is 7.26. The van der Waals surface area contributed by atoms with Crippen molar-refractivity contribution in [2.45, 2.75) is 6.92 Å². The predicted molar refractivity (Wildman–Crippen MR) is 117 cm³/mol. The number of aryl methyl sites for hydroxylation is 1. The zero-order chi connectivity index (χ0) is 22.1. The van der Waals surface area contributed by atoms with E-state index in [2.05, 4.69) is 15.8 Å². The largest absolute Gasteiger partial charge is 0.423 e. The van der Waals surface area contributed by atoms with Gasteiger partial charge in [-0.3, -0.25) is 9.59 Å². The maximum absolute atomic E-state index is 12.0. The molecule has 0 aliphatic rings. The van der Waals surface area contributed by atoms with Crippen molar-refractivity contribution >= 4 is 24.0 Å². The summed E-state index contributed by atoms with van der Waals surface area (Å²) >= 11 is 0. The summed E-state index contributed by atoms with van der Waals surface area (Å²) in [6, 6.07) is 22.4. The van der Waals surface area contributed by atoms with Crippen molar-refractivity contribution in [3.05, 3.63) is 101 Å². The van der Waals surface area contributed by atoms with Gasteiger partial charge in [0.05, 0.1) is 18.3 Å². The number of carbonyl (C=O) groups excluding carboxylic acids is 3. The van der Waals surface area contributed by atoms with Crippen LogP contribution in [0.3, 0.4) is 0 Å². The van der Waals surface area contributed by atoms with Gasteiger partial charge in [-0.2, -0.15) is 5.10 Å². The molecule has 0 saturated carbocycles. The number of hydrogen-bond donors (Lipinski definition) is 2. The Hall–Kier alpha value is -4.26. The first-order valence-electron chi connectivity index (χ1n) is 9.55. The molecule has 0 unspecified atom stereocenters. The monoisotopic (exact) mass is 415 g/mol. The number of amides is 2. The number of nitrogens with one attached hydrogen (secondary N) is 2. The second-order valence-corrected chi connectivity index (χ2v) is 6.67. The maximum Gasteiger partial charge on any atom is 0.343 e. The number of benzene rings is 3. The Morgan fingerprint density at radius 2 is 1.61 bits per heavy atom. The van der Waals surface area contributed by atoms with Gasteiger partial charge in [0.25, 0.3) is 11.8 Å². The summed E-state index contributed by atoms with van der Waals surface area (Å²) in [6.07, 6.45) is 1.45. The molecule has 31 heavy (non-hydrogen) atoms. The van der Waals surface area contributed by atoms with Crippen LogP contribution in [0.4, 0.5) is 0 Å². The third-order valence-corrected chi connectivity index (χ3v) is 4.19. The van der Waals surface area contributed by atoms with Gasteiger partial charge in [-0.05, 0) is 61.0 Å². The molecule has 0 aromatic heterocycles. The highest BCUT2D eigenvalue weighted by Gasteiger charge is 2.08. The Bertz CT molecular complexity index is 1090. The van der Waals surface area contributed by atoms with Crippen molar-refractivity contribution in [1.29, 1.82) is 0 Å². The number of rotatable bonds is 7. The third kappa shape index (κ3) is 6.64. The molecule has 3 rings (SSSR count). The second kappa shape index (κ2) is 10.5. The Morgan fingerprint density at radius 1 is 0.903 bits per heavy atom. The average molecular weight is 415 g/mol. The minimum atomic E-state index is -0.453. The molecule has 3 aromatic carbocycles. The molecule has 0 saturated heterocycles. The molecule has 7 nitrogen and oxygen atoms in total. The fourth-order valence-electron chi connectivity index (χ4n) is 2.63. The first-order chi connectivity index (χ1) is 15.0. The van der Waals surface area contributed by atoms with Crippen molar-refractivity contribution in [3.8, 4) is 5.75 Å². The fraction of sp³-hybridized carbons (Fsp3) is 0.0833. The van der Waals surface area contributed by atoms with Crippen LogP contribution in [0.2, 0.25) is 0 Å². The van der Waals surface area contributed by atoms with Gasteiger partial charge in [-0.15, -0.1) is 0 Å². The number of hydrogen-bond acceptors (Lipinski definition) is 5. The van der Waals surface area contributed by atoms with E-state index in [1.165, 1.54) is 6.21 Å². The number of hydrazone groups is 1. The summed E-state index contributed by atoms with van der Waals surface area (Å²) in [5.74, 6) is -0.829. The molecule has 0 fully saturated rings. The minimum Gasteiger partial charge on any atom is -0.423 e. The molecule has 0 heterocycles. The lowest BCUT2D eigenvalue weighted by atomic mass is 10.1. The molecule has 156 valence electrons. The van der Waals surface area contributed by atoms with E-state index in [1.807, 2.05) is 19.1 Å². The lowest BCUT2D eigenvalue weighted by Crippen LogP contribution is -2.34. The smallest absolute Gasteiger partial charge is 0.343 e. The maximum atomic E-state index is 12.0. The summed E-state index contributed by atoms with van der Waals surface area (Å²) in [6.45, 7) is 1.69. The summed E-state index contributed by atoms with van der Waals surface area (Å²) in [5, 5.41) is 6.40. The van der Waals surface area contributed by atoms with E-state index in [4.69, 9.17) is 4.74 Å². The van der Waals surface area contributed by atoms with Crippen molar-refractivity contribution in [2.24, 2.45) is 5.10 Å². The summed E-state index contributed by atoms with van der Waals surface area (Å²) in [4.78, 5) is 35.9. The van der Waals surface area contributed by atoms with Crippen LogP contribution < -0.4 is 15.5 Å². The van der Waals surface area contributed by atoms with E-state index in [-0.39, 0.29) is 12.5 Å². The molecule has 0 aliphatic carbocycles. The third-order valence-electron chi connectivity index (χ3n) is 4.19. The zero-order valence-electron chi connectivity index (χ0n) is 16.9. The van der Waals surface area contributed by atoms with Gasteiger partial charge in [0.15, 0.2) is 0 Å². The lowest BCUT2D eigenvalue weighted by Gasteiger charge is -2.05. The predicted octanol–water partition coefficient (Wildman–Crippen LogP) is 3.09. The highest BCUT2D eigenvalue weighted by molar-refractivity contribution is 5.96. The van der Waals surface area contributed by atoms with Crippen LogP contribution in [0, 0.1) is 6.92 Å². The summed E-state index contributed by atoms with van der Waals surface area (Å²) < 4.78 is 5.30. The van der Waals surface area contributed by atoms with Crippen LogP contribution in [-0.4, -0.2) is 30.5 Å². The minimum absolute atomic E-state index is 0.196. The molecule has 0 spiro atoms. The molecule has 3 aromatic rings. The number of ether oxygens (including phenoxy) is 1. The van der Waals surface area contributed by atoms with Gasteiger partial charge in [0.2, 0.25) is 0 Å². The van der Waals surface area contributed by atoms with Crippen LogP contribution in [-0.2, 0) is 4.79 Å². The Morgan fingerprint density at radius 3 is 2.32 bits per heavy atom. The Labute approximate surface area is 179 Å². The number of esters is 1. The van der Waals surface area contributed by atoms with Gasteiger partial charge in [0, 0.05) is 5.56 Å². The molecule has 2 amide bonds. The first kappa shape index (κ1) is 21.4. The lowest BCUT2D eigenvalue weighted by molar-refractivity contribution is -0.120. The van der Waals surface area contributed by atoms with Crippen LogP contribution in [0.5, 0.6) is 5.75 Å². The molecular formula is C24H21N3O4. The topological polar surface area (TPSA) is 96.9 Å². The van der Waals surface area contributed by atoms with Crippen LogP contribution in [0.25, 0.3) is 0 Å². The van der Waals surface area contributed by atoms with Crippen molar-refractivity contribution in [2.75, 3.05) is 6.54 Å². The van der Waals surface area contributed by atoms with E-state index in [1.54, 1.807) is 66.7 Å². The number of nitrogens with zero attached hydrogens (tertiary/aromatic N) is 1. The van der Waals surface area contributed by atoms with Gasteiger partial charge in [0.1, 0.15) is 5.75 Å². The van der Waals surface area contributed by atoms with Crippen molar-refractivity contribution in [3.63, 3.8) is 0 Å². The highest BCUT2D eigenvalue weighted by atomic mass is 16.5. The molecule has 0 atom stereocenters. The Balaban J connectivity index is 1.44. The standard InChI is InChI=1S/C24H21N3O4/c1-17-6-5-9-20(14-17)23(29)25-16-22(28)27-26-15-18-10-12-21(13-11-18)31-24(30)19-7-3-2-4-8-19/h2-15H,16H2,1H3,(H,25,29)(H,27,28)/b26-15+. The first-order valence-corrected chi connectivity index (χ1v) is 9.55. The van der Waals surface area contributed by atoms with Crippen LogP contribution in [0.15, 0.2) is 84.0 Å². The highest BCUT2D eigenvalue weighted by Crippen LogP contribution is 2.13.